The summed E-state index contributed by atoms with van der Waals surface area (Å²) in [5.41, 5.74) is 3.02. The zero-order valence-corrected chi connectivity index (χ0v) is 16.0. The van der Waals surface area contributed by atoms with Gasteiger partial charge in [-0.3, -0.25) is 9.48 Å². The van der Waals surface area contributed by atoms with E-state index in [0.717, 1.165) is 16.9 Å². The number of ether oxygens (including phenoxy) is 1. The van der Waals surface area contributed by atoms with Crippen LogP contribution in [0, 0.1) is 0 Å². The summed E-state index contributed by atoms with van der Waals surface area (Å²) in [4.78, 5) is 25.8. The van der Waals surface area contributed by atoms with Crippen molar-refractivity contribution >= 4 is 23.4 Å². The Morgan fingerprint density at radius 3 is 2.36 bits per heavy atom. The molecular weight excluding hydrogens is 356 g/mol. The van der Waals surface area contributed by atoms with Crippen molar-refractivity contribution in [2.75, 3.05) is 31.4 Å². The van der Waals surface area contributed by atoms with Crippen LogP contribution in [0.4, 0.5) is 11.5 Å². The summed E-state index contributed by atoms with van der Waals surface area (Å²) in [5.74, 6) is 0.166. The summed E-state index contributed by atoms with van der Waals surface area (Å²) in [6.07, 6.45) is 1.87. The summed E-state index contributed by atoms with van der Waals surface area (Å²) in [5, 5.41) is 7.34. The molecule has 2 aromatic carbocycles. The largest absolute Gasteiger partial charge is 0.465 e. The molecule has 0 fully saturated rings. The topological polar surface area (TPSA) is 76.5 Å². The summed E-state index contributed by atoms with van der Waals surface area (Å²) in [6, 6.07) is 16.5. The molecule has 0 spiro atoms. The number of rotatable bonds is 6. The first kappa shape index (κ1) is 19.2. The number of hydrogen-bond acceptors (Lipinski definition) is 5. The minimum Gasteiger partial charge on any atom is -0.465 e. The molecule has 28 heavy (non-hydrogen) atoms. The molecule has 3 rings (SSSR count). The third kappa shape index (κ3) is 4.37. The monoisotopic (exact) mass is 378 g/mol. The van der Waals surface area contributed by atoms with Gasteiger partial charge in [-0.05, 0) is 29.8 Å². The lowest BCUT2D eigenvalue weighted by Gasteiger charge is -2.11. The summed E-state index contributed by atoms with van der Waals surface area (Å²) >= 11 is 0. The Morgan fingerprint density at radius 2 is 1.75 bits per heavy atom. The maximum atomic E-state index is 12.4. The van der Waals surface area contributed by atoms with Crippen molar-refractivity contribution < 1.29 is 14.3 Å². The SMILES string of the molecule is COC(=O)c1ccc(NC(=O)Cn2cc(-c3ccccc3)c(N(C)C)n2)cc1. The van der Waals surface area contributed by atoms with Crippen molar-refractivity contribution in [3.05, 3.63) is 66.4 Å². The Hall–Kier alpha value is -3.61. The Bertz CT molecular complexity index is 963. The van der Waals surface area contributed by atoms with Crippen LogP contribution >= 0.6 is 0 Å². The molecule has 0 bridgehead atoms. The first-order valence-corrected chi connectivity index (χ1v) is 8.76. The number of hydrogen-bond donors (Lipinski definition) is 1. The van der Waals surface area contributed by atoms with E-state index >= 15 is 0 Å². The number of nitrogens with one attached hydrogen (secondary N) is 1. The quantitative estimate of drug-likeness (QED) is 0.667. The lowest BCUT2D eigenvalue weighted by Crippen LogP contribution is -2.19. The molecule has 0 aliphatic carbocycles. The molecule has 7 nitrogen and oxygen atoms in total. The predicted octanol–water partition coefficient (Wildman–Crippen LogP) is 3.04. The molecule has 1 aromatic heterocycles. The number of carbonyl (C=O) groups excluding carboxylic acids is 2. The molecule has 1 amide bonds. The van der Waals surface area contributed by atoms with Crippen LogP contribution in [0.3, 0.4) is 0 Å². The minimum absolute atomic E-state index is 0.0758. The average molecular weight is 378 g/mol. The molecule has 0 saturated carbocycles. The van der Waals surface area contributed by atoms with Gasteiger partial charge >= 0.3 is 5.97 Å². The number of amides is 1. The summed E-state index contributed by atoms with van der Waals surface area (Å²) in [7, 11) is 5.16. The van der Waals surface area contributed by atoms with Crippen molar-refractivity contribution in [1.82, 2.24) is 9.78 Å². The molecule has 1 heterocycles. The van der Waals surface area contributed by atoms with Gasteiger partial charge in [-0.25, -0.2) is 4.79 Å². The van der Waals surface area contributed by atoms with Crippen molar-refractivity contribution in [3.63, 3.8) is 0 Å². The van der Waals surface area contributed by atoms with Crippen LogP contribution < -0.4 is 10.2 Å². The van der Waals surface area contributed by atoms with Crippen LogP contribution in [-0.2, 0) is 16.1 Å². The molecule has 0 unspecified atom stereocenters. The van der Waals surface area contributed by atoms with Crippen LogP contribution in [0.2, 0.25) is 0 Å². The van der Waals surface area contributed by atoms with Crippen molar-refractivity contribution in [1.29, 1.82) is 0 Å². The standard InChI is InChI=1S/C21H22N4O3/c1-24(2)20-18(15-7-5-4-6-8-15)13-25(23-20)14-19(26)22-17-11-9-16(10-12-17)21(27)28-3/h4-13H,14H2,1-3H3,(H,22,26). The molecule has 7 heteroatoms. The van der Waals surface area contributed by atoms with Gasteiger partial charge in [0.2, 0.25) is 5.91 Å². The number of esters is 1. The van der Waals surface area contributed by atoms with E-state index in [0.29, 0.717) is 11.3 Å². The van der Waals surface area contributed by atoms with E-state index in [2.05, 4.69) is 15.2 Å². The van der Waals surface area contributed by atoms with Gasteiger partial charge in [-0.1, -0.05) is 30.3 Å². The maximum absolute atomic E-state index is 12.4. The van der Waals surface area contributed by atoms with E-state index < -0.39 is 5.97 Å². The number of nitrogens with zero attached hydrogens (tertiary/aromatic N) is 3. The van der Waals surface area contributed by atoms with Gasteiger partial charge in [-0.2, -0.15) is 5.10 Å². The minimum atomic E-state index is -0.418. The van der Waals surface area contributed by atoms with Crippen LogP contribution in [0.25, 0.3) is 11.1 Å². The molecule has 3 aromatic rings. The number of benzene rings is 2. The van der Waals surface area contributed by atoms with Crippen LogP contribution in [0.15, 0.2) is 60.8 Å². The lowest BCUT2D eigenvalue weighted by atomic mass is 10.1. The van der Waals surface area contributed by atoms with Crippen molar-refractivity contribution in [3.8, 4) is 11.1 Å². The highest BCUT2D eigenvalue weighted by molar-refractivity contribution is 5.93. The first-order chi connectivity index (χ1) is 13.5. The zero-order valence-electron chi connectivity index (χ0n) is 16.0. The zero-order chi connectivity index (χ0) is 20.1. The van der Waals surface area contributed by atoms with E-state index in [1.807, 2.05) is 55.5 Å². The average Bonchev–Trinajstić information content (AvgIpc) is 3.12. The van der Waals surface area contributed by atoms with Crippen LogP contribution in [0.1, 0.15) is 10.4 Å². The van der Waals surface area contributed by atoms with Crippen LogP contribution in [0.5, 0.6) is 0 Å². The molecule has 0 aliphatic rings. The Morgan fingerprint density at radius 1 is 1.07 bits per heavy atom. The second-order valence-electron chi connectivity index (χ2n) is 6.44. The van der Waals surface area contributed by atoms with E-state index in [4.69, 9.17) is 0 Å². The van der Waals surface area contributed by atoms with Crippen molar-refractivity contribution in [2.45, 2.75) is 6.54 Å². The third-order valence-corrected chi connectivity index (χ3v) is 4.15. The van der Waals surface area contributed by atoms with Gasteiger partial charge in [0.1, 0.15) is 6.54 Å². The molecule has 144 valence electrons. The van der Waals surface area contributed by atoms with Gasteiger partial charge in [0.05, 0.1) is 12.7 Å². The fourth-order valence-electron chi connectivity index (χ4n) is 2.80. The molecule has 0 aliphatic heterocycles. The highest BCUT2D eigenvalue weighted by Gasteiger charge is 2.14. The molecule has 0 radical (unpaired) electrons. The number of carbonyl (C=O) groups is 2. The van der Waals surface area contributed by atoms with Gasteiger partial charge in [0.25, 0.3) is 0 Å². The maximum Gasteiger partial charge on any atom is 0.337 e. The first-order valence-electron chi connectivity index (χ1n) is 8.76. The fourth-order valence-corrected chi connectivity index (χ4v) is 2.80. The highest BCUT2D eigenvalue weighted by atomic mass is 16.5. The second kappa shape index (κ2) is 8.39. The van der Waals surface area contributed by atoms with E-state index in [-0.39, 0.29) is 12.5 Å². The van der Waals surface area contributed by atoms with Gasteiger partial charge < -0.3 is 15.0 Å². The van der Waals surface area contributed by atoms with E-state index in [1.165, 1.54) is 7.11 Å². The van der Waals surface area contributed by atoms with E-state index in [9.17, 15) is 9.59 Å². The Kier molecular flexibility index (Phi) is 5.74. The normalized spacial score (nSPS) is 10.4. The van der Waals surface area contributed by atoms with Crippen molar-refractivity contribution in [2.24, 2.45) is 0 Å². The number of aromatic nitrogens is 2. The Balaban J connectivity index is 1.73. The molecule has 0 saturated heterocycles. The lowest BCUT2D eigenvalue weighted by molar-refractivity contribution is -0.116. The molecule has 0 atom stereocenters. The third-order valence-electron chi connectivity index (χ3n) is 4.15. The number of anilines is 2. The van der Waals surface area contributed by atoms with Crippen LogP contribution in [-0.4, -0.2) is 42.9 Å². The van der Waals surface area contributed by atoms with Gasteiger partial charge in [0, 0.05) is 31.5 Å². The van der Waals surface area contributed by atoms with E-state index in [1.54, 1.807) is 28.9 Å². The molecule has 1 N–H and O–H groups in total. The fraction of sp³-hybridized carbons (Fsp3) is 0.190. The predicted molar refractivity (Wildman–Crippen MR) is 108 cm³/mol. The second-order valence-corrected chi connectivity index (χ2v) is 6.44. The highest BCUT2D eigenvalue weighted by Crippen LogP contribution is 2.28. The Labute approximate surface area is 163 Å². The smallest absolute Gasteiger partial charge is 0.337 e. The van der Waals surface area contributed by atoms with Gasteiger partial charge in [0.15, 0.2) is 5.82 Å². The molecular formula is C21H22N4O3. The number of methoxy groups -OCH3 is 1. The summed E-state index contributed by atoms with van der Waals surface area (Å²) < 4.78 is 6.28. The van der Waals surface area contributed by atoms with Gasteiger partial charge in [-0.15, -0.1) is 0 Å². The summed E-state index contributed by atoms with van der Waals surface area (Å²) in [6.45, 7) is 0.0758.